The van der Waals surface area contributed by atoms with Crippen LogP contribution in [0.25, 0.3) is 0 Å². The fourth-order valence-electron chi connectivity index (χ4n) is 2.34. The molecule has 0 heterocycles. The van der Waals surface area contributed by atoms with Crippen LogP contribution in [0.4, 0.5) is 5.69 Å². The van der Waals surface area contributed by atoms with E-state index in [0.717, 1.165) is 28.6 Å². The number of sulfonamides is 1. The minimum absolute atomic E-state index is 0.195. The maximum atomic E-state index is 12.9. The van der Waals surface area contributed by atoms with Gasteiger partial charge in [-0.25, -0.2) is 8.42 Å². The van der Waals surface area contributed by atoms with Gasteiger partial charge in [0.25, 0.3) is 5.69 Å². The minimum atomic E-state index is -4.23. The number of allylic oxidation sites excluding steroid dienone is 1. The average Bonchev–Trinajstić information content (AvgIpc) is 2.52. The van der Waals surface area contributed by atoms with Gasteiger partial charge in [-0.1, -0.05) is 6.08 Å². The highest BCUT2D eigenvalue weighted by Crippen LogP contribution is 2.25. The second kappa shape index (κ2) is 8.68. The standard InChI is InChI=1S/C16H20N2O7S/c1-11(2)17(15(16(20)21)6-4-5-12(3)19)26(24,25)14-9-7-13(8-10-14)18(22)23/h4-5,7-11,15H,6H2,1-3H3,(H,20,21)/b5-4+/t15-/m0/s1. The number of rotatable bonds is 9. The lowest BCUT2D eigenvalue weighted by atomic mass is 10.1. The highest BCUT2D eigenvalue weighted by molar-refractivity contribution is 7.89. The van der Waals surface area contributed by atoms with Crippen molar-refractivity contribution in [3.8, 4) is 0 Å². The molecule has 1 N–H and O–H groups in total. The SMILES string of the molecule is CC(=O)/C=C/C[C@@H](C(=O)O)N(C(C)C)S(=O)(=O)c1ccc([N+](=O)[O-])cc1. The number of nitro benzene ring substituents is 1. The first-order chi connectivity index (χ1) is 12.0. The van der Waals surface area contributed by atoms with Gasteiger partial charge in [0.05, 0.1) is 9.82 Å². The van der Waals surface area contributed by atoms with E-state index in [1.807, 2.05) is 0 Å². The number of hydrogen-bond acceptors (Lipinski definition) is 6. The second-order valence-electron chi connectivity index (χ2n) is 5.78. The van der Waals surface area contributed by atoms with Crippen molar-refractivity contribution in [3.05, 3.63) is 46.5 Å². The van der Waals surface area contributed by atoms with Gasteiger partial charge in [-0.15, -0.1) is 0 Å². The number of aliphatic carboxylic acids is 1. The first-order valence-corrected chi connectivity index (χ1v) is 9.10. The van der Waals surface area contributed by atoms with Crippen LogP contribution in [0.2, 0.25) is 0 Å². The highest BCUT2D eigenvalue weighted by atomic mass is 32.2. The van der Waals surface area contributed by atoms with Crippen LogP contribution < -0.4 is 0 Å². The van der Waals surface area contributed by atoms with Gasteiger partial charge in [0.15, 0.2) is 5.78 Å². The molecule has 1 atom stereocenters. The fourth-order valence-corrected chi connectivity index (χ4v) is 4.13. The lowest BCUT2D eigenvalue weighted by Crippen LogP contribution is -2.48. The van der Waals surface area contributed by atoms with Crippen LogP contribution in [0, 0.1) is 10.1 Å². The van der Waals surface area contributed by atoms with E-state index in [0.29, 0.717) is 0 Å². The molecular weight excluding hydrogens is 364 g/mol. The average molecular weight is 384 g/mol. The summed E-state index contributed by atoms with van der Waals surface area (Å²) in [5.41, 5.74) is -0.278. The summed E-state index contributed by atoms with van der Waals surface area (Å²) in [7, 11) is -4.23. The van der Waals surface area contributed by atoms with E-state index >= 15 is 0 Å². The van der Waals surface area contributed by atoms with Crippen molar-refractivity contribution in [2.45, 2.75) is 44.2 Å². The van der Waals surface area contributed by atoms with Gasteiger partial charge in [0.1, 0.15) is 6.04 Å². The maximum absolute atomic E-state index is 12.9. The molecule has 0 saturated heterocycles. The third-order valence-electron chi connectivity index (χ3n) is 3.44. The van der Waals surface area contributed by atoms with Crippen molar-refractivity contribution < 1.29 is 28.0 Å². The molecule has 1 aromatic carbocycles. The number of carbonyl (C=O) groups excluding carboxylic acids is 1. The van der Waals surface area contributed by atoms with Gasteiger partial charge in [-0.2, -0.15) is 4.31 Å². The van der Waals surface area contributed by atoms with Crippen LogP contribution in [0.1, 0.15) is 27.2 Å². The second-order valence-corrected chi connectivity index (χ2v) is 7.63. The van der Waals surface area contributed by atoms with Crippen LogP contribution in [0.3, 0.4) is 0 Å². The summed E-state index contributed by atoms with van der Waals surface area (Å²) >= 11 is 0. The van der Waals surface area contributed by atoms with Gasteiger partial charge in [0, 0.05) is 18.2 Å². The van der Waals surface area contributed by atoms with Crippen LogP contribution in [0.15, 0.2) is 41.3 Å². The largest absolute Gasteiger partial charge is 0.480 e. The van der Waals surface area contributed by atoms with Crippen LogP contribution >= 0.6 is 0 Å². The zero-order valence-electron chi connectivity index (χ0n) is 14.5. The van der Waals surface area contributed by atoms with Gasteiger partial charge < -0.3 is 5.11 Å². The molecule has 0 fully saturated rings. The Kier molecular flexibility index (Phi) is 7.16. The fraction of sp³-hybridized carbons (Fsp3) is 0.375. The van der Waals surface area contributed by atoms with Gasteiger partial charge in [0.2, 0.25) is 10.0 Å². The van der Waals surface area contributed by atoms with E-state index in [1.54, 1.807) is 0 Å². The molecule has 0 unspecified atom stereocenters. The third kappa shape index (κ3) is 5.20. The smallest absolute Gasteiger partial charge is 0.322 e. The van der Waals surface area contributed by atoms with Crippen molar-refractivity contribution in [2.24, 2.45) is 0 Å². The predicted octanol–water partition coefficient (Wildman–Crippen LogP) is 1.98. The van der Waals surface area contributed by atoms with E-state index in [4.69, 9.17) is 0 Å². The highest BCUT2D eigenvalue weighted by Gasteiger charge is 2.37. The number of nitrogens with zero attached hydrogens (tertiary/aromatic N) is 2. The normalized spacial score (nSPS) is 13.3. The molecule has 0 aliphatic rings. The Hall–Kier alpha value is -2.59. The Morgan fingerprint density at radius 1 is 1.27 bits per heavy atom. The predicted molar refractivity (Wildman–Crippen MR) is 93.1 cm³/mol. The molecule has 1 rings (SSSR count). The first-order valence-electron chi connectivity index (χ1n) is 7.66. The summed E-state index contributed by atoms with van der Waals surface area (Å²) in [4.78, 5) is 32.4. The Bertz CT molecular complexity index is 814. The quantitative estimate of drug-likeness (QED) is 0.391. The zero-order chi connectivity index (χ0) is 20.1. The van der Waals surface area contributed by atoms with Crippen molar-refractivity contribution in [1.82, 2.24) is 4.31 Å². The Balaban J connectivity index is 3.32. The first kappa shape index (κ1) is 21.5. The molecule has 0 spiro atoms. The van der Waals surface area contributed by atoms with E-state index in [9.17, 15) is 33.2 Å². The molecule has 9 nitrogen and oxygen atoms in total. The molecule has 0 aliphatic carbocycles. The topological polar surface area (TPSA) is 135 Å². The Morgan fingerprint density at radius 3 is 2.19 bits per heavy atom. The molecule has 26 heavy (non-hydrogen) atoms. The maximum Gasteiger partial charge on any atom is 0.322 e. The number of carboxylic acids is 1. The molecule has 0 aromatic heterocycles. The van der Waals surface area contributed by atoms with E-state index in [-0.39, 0.29) is 22.8 Å². The summed E-state index contributed by atoms with van der Waals surface area (Å²) in [5, 5.41) is 20.2. The molecule has 1 aromatic rings. The van der Waals surface area contributed by atoms with Crippen LogP contribution in [-0.2, 0) is 19.6 Å². The minimum Gasteiger partial charge on any atom is -0.480 e. The number of non-ortho nitro benzene ring substituents is 1. The number of carbonyl (C=O) groups is 2. The Labute approximate surface area is 151 Å². The summed E-state index contributed by atoms with van der Waals surface area (Å²) in [6, 6.07) is 2.08. The van der Waals surface area contributed by atoms with E-state index < -0.39 is 33.0 Å². The number of nitro groups is 1. The summed E-state index contributed by atoms with van der Waals surface area (Å²) < 4.78 is 26.6. The molecule has 0 saturated carbocycles. The number of hydrogen-bond donors (Lipinski definition) is 1. The van der Waals surface area contributed by atoms with Gasteiger partial charge in [-0.05, 0) is 45.4 Å². The van der Waals surface area contributed by atoms with E-state index in [1.165, 1.54) is 32.9 Å². The molecule has 0 bridgehead atoms. The lowest BCUT2D eigenvalue weighted by Gasteiger charge is -2.30. The summed E-state index contributed by atoms with van der Waals surface area (Å²) in [6.45, 7) is 4.33. The zero-order valence-corrected chi connectivity index (χ0v) is 15.3. The van der Waals surface area contributed by atoms with Crippen molar-refractivity contribution in [1.29, 1.82) is 0 Å². The molecular formula is C16H20N2O7S. The summed E-state index contributed by atoms with van der Waals surface area (Å²) in [6.07, 6.45) is 2.29. The number of carboxylic acid groups (broad SMARTS) is 1. The molecule has 10 heteroatoms. The van der Waals surface area contributed by atoms with Crippen molar-refractivity contribution in [3.63, 3.8) is 0 Å². The lowest BCUT2D eigenvalue weighted by molar-refractivity contribution is -0.384. The third-order valence-corrected chi connectivity index (χ3v) is 5.54. The van der Waals surface area contributed by atoms with Gasteiger partial charge >= 0.3 is 5.97 Å². The van der Waals surface area contributed by atoms with Gasteiger partial charge in [-0.3, -0.25) is 19.7 Å². The molecule has 142 valence electrons. The molecule has 0 aliphatic heterocycles. The van der Waals surface area contributed by atoms with Crippen molar-refractivity contribution in [2.75, 3.05) is 0 Å². The monoisotopic (exact) mass is 384 g/mol. The molecule has 0 radical (unpaired) electrons. The van der Waals surface area contributed by atoms with Crippen molar-refractivity contribution >= 4 is 27.5 Å². The van der Waals surface area contributed by atoms with Crippen LogP contribution in [-0.4, -0.2) is 46.6 Å². The Morgan fingerprint density at radius 2 is 1.81 bits per heavy atom. The number of benzene rings is 1. The number of ketones is 1. The molecule has 0 amide bonds. The van der Waals surface area contributed by atoms with Crippen LogP contribution in [0.5, 0.6) is 0 Å². The van der Waals surface area contributed by atoms with E-state index in [2.05, 4.69) is 0 Å². The summed E-state index contributed by atoms with van der Waals surface area (Å²) in [5.74, 6) is -1.65.